The number of ether oxygens (including phenoxy) is 1. The van der Waals surface area contributed by atoms with E-state index in [0.29, 0.717) is 12.2 Å². The van der Waals surface area contributed by atoms with Crippen LogP contribution in [0.4, 0.5) is 0 Å². The van der Waals surface area contributed by atoms with E-state index in [2.05, 4.69) is 22.0 Å². The summed E-state index contributed by atoms with van der Waals surface area (Å²) in [5.41, 5.74) is 3.71. The van der Waals surface area contributed by atoms with Gasteiger partial charge in [-0.1, -0.05) is 35.9 Å². The van der Waals surface area contributed by atoms with Gasteiger partial charge in [-0.25, -0.2) is 0 Å². The second-order valence-corrected chi connectivity index (χ2v) is 5.51. The van der Waals surface area contributed by atoms with Crippen LogP contribution in [0.3, 0.4) is 0 Å². The van der Waals surface area contributed by atoms with Gasteiger partial charge in [0.15, 0.2) is 0 Å². The number of hydrogen-bond donors (Lipinski definition) is 0. The maximum atomic E-state index is 9.36. The molecular weight excluding hydrogens is 326 g/mol. The number of allylic oxidation sites excluding steroid dienone is 1. The van der Waals surface area contributed by atoms with E-state index in [1.54, 1.807) is 0 Å². The Kier molecular flexibility index (Phi) is 5.19. The molecule has 0 heterocycles. The summed E-state index contributed by atoms with van der Waals surface area (Å²) >= 11 is 3.49. The lowest BCUT2D eigenvalue weighted by molar-refractivity contribution is 0.338. The average Bonchev–Trinajstić information content (AvgIpc) is 2.48. The van der Waals surface area contributed by atoms with Crippen LogP contribution in [0.2, 0.25) is 0 Å². The SMILES string of the molecule is CCOc1ccc(/C=C(/C#N)c2ccc(C)cc2)cc1Br. The van der Waals surface area contributed by atoms with Crippen molar-refractivity contribution in [1.82, 2.24) is 0 Å². The number of aryl methyl sites for hydroxylation is 1. The van der Waals surface area contributed by atoms with Gasteiger partial charge in [-0.2, -0.15) is 5.26 Å². The minimum absolute atomic E-state index is 0.626. The van der Waals surface area contributed by atoms with Crippen LogP contribution in [0.1, 0.15) is 23.6 Å². The Hall–Kier alpha value is -2.05. The second-order valence-electron chi connectivity index (χ2n) is 4.66. The molecule has 21 heavy (non-hydrogen) atoms. The van der Waals surface area contributed by atoms with Gasteiger partial charge in [0.25, 0.3) is 0 Å². The van der Waals surface area contributed by atoms with E-state index in [1.165, 1.54) is 5.56 Å². The first-order chi connectivity index (χ1) is 10.1. The maximum Gasteiger partial charge on any atom is 0.133 e. The van der Waals surface area contributed by atoms with E-state index in [4.69, 9.17) is 4.74 Å². The molecule has 0 atom stereocenters. The van der Waals surface area contributed by atoms with Crippen molar-refractivity contribution in [3.63, 3.8) is 0 Å². The Morgan fingerprint density at radius 2 is 1.95 bits per heavy atom. The Bertz CT molecular complexity index is 696. The van der Waals surface area contributed by atoms with Crippen molar-refractivity contribution in [2.45, 2.75) is 13.8 Å². The molecule has 0 spiro atoms. The Labute approximate surface area is 133 Å². The molecule has 0 aliphatic heterocycles. The van der Waals surface area contributed by atoms with Crippen molar-refractivity contribution in [2.24, 2.45) is 0 Å². The summed E-state index contributed by atoms with van der Waals surface area (Å²) < 4.78 is 6.38. The summed E-state index contributed by atoms with van der Waals surface area (Å²) in [5.74, 6) is 0.809. The summed E-state index contributed by atoms with van der Waals surface area (Å²) in [5, 5.41) is 9.36. The standard InChI is InChI=1S/C18H16BrNO/c1-3-21-18-9-6-14(11-17(18)19)10-16(12-20)15-7-4-13(2)5-8-15/h4-11H,3H2,1-2H3/b16-10-. The van der Waals surface area contributed by atoms with Crippen LogP contribution in [0, 0.1) is 18.3 Å². The number of hydrogen-bond acceptors (Lipinski definition) is 2. The lowest BCUT2D eigenvalue weighted by Crippen LogP contribution is -1.92. The molecule has 0 radical (unpaired) electrons. The van der Waals surface area contributed by atoms with Crippen LogP contribution < -0.4 is 4.74 Å². The minimum atomic E-state index is 0.626. The van der Waals surface area contributed by atoms with Crippen molar-refractivity contribution in [3.05, 3.63) is 63.6 Å². The molecule has 0 amide bonds. The topological polar surface area (TPSA) is 33.0 Å². The molecule has 2 rings (SSSR count). The smallest absolute Gasteiger partial charge is 0.133 e. The third-order valence-electron chi connectivity index (χ3n) is 3.05. The quantitative estimate of drug-likeness (QED) is 0.564. The molecular formula is C18H16BrNO. The monoisotopic (exact) mass is 341 g/mol. The predicted octanol–water partition coefficient (Wildman–Crippen LogP) is 5.22. The van der Waals surface area contributed by atoms with Gasteiger partial charge in [0.2, 0.25) is 0 Å². The first-order valence-corrected chi connectivity index (χ1v) is 7.54. The van der Waals surface area contributed by atoms with E-state index in [-0.39, 0.29) is 0 Å². The minimum Gasteiger partial charge on any atom is -0.493 e. The van der Waals surface area contributed by atoms with E-state index in [0.717, 1.165) is 21.3 Å². The maximum absolute atomic E-state index is 9.36. The molecule has 0 fully saturated rings. The zero-order chi connectivity index (χ0) is 15.2. The van der Waals surface area contributed by atoms with Crippen LogP contribution in [-0.2, 0) is 0 Å². The van der Waals surface area contributed by atoms with E-state index in [9.17, 15) is 5.26 Å². The first kappa shape index (κ1) is 15.3. The molecule has 2 aromatic carbocycles. The second kappa shape index (κ2) is 7.10. The summed E-state index contributed by atoms with van der Waals surface area (Å²) in [6.07, 6.45) is 1.88. The van der Waals surface area contributed by atoms with Crippen LogP contribution in [-0.4, -0.2) is 6.61 Å². The highest BCUT2D eigenvalue weighted by molar-refractivity contribution is 9.10. The Balaban J connectivity index is 2.34. The average molecular weight is 342 g/mol. The van der Waals surface area contributed by atoms with Crippen LogP contribution in [0.25, 0.3) is 11.6 Å². The van der Waals surface area contributed by atoms with E-state index in [1.807, 2.05) is 62.4 Å². The van der Waals surface area contributed by atoms with Gasteiger partial charge in [-0.3, -0.25) is 0 Å². The Morgan fingerprint density at radius 3 is 2.52 bits per heavy atom. The van der Waals surface area contributed by atoms with Crippen LogP contribution in [0.15, 0.2) is 46.9 Å². The summed E-state index contributed by atoms with van der Waals surface area (Å²) in [6.45, 7) is 4.61. The van der Waals surface area contributed by atoms with Gasteiger partial charge in [0, 0.05) is 0 Å². The highest BCUT2D eigenvalue weighted by Gasteiger charge is 2.04. The van der Waals surface area contributed by atoms with Gasteiger partial charge in [-0.15, -0.1) is 0 Å². The van der Waals surface area contributed by atoms with Crippen molar-refractivity contribution >= 4 is 27.6 Å². The highest BCUT2D eigenvalue weighted by Crippen LogP contribution is 2.28. The number of nitriles is 1. The number of benzene rings is 2. The molecule has 106 valence electrons. The fourth-order valence-corrected chi connectivity index (χ4v) is 2.47. The first-order valence-electron chi connectivity index (χ1n) is 6.75. The summed E-state index contributed by atoms with van der Waals surface area (Å²) in [4.78, 5) is 0. The Morgan fingerprint density at radius 1 is 1.24 bits per heavy atom. The molecule has 0 aliphatic rings. The van der Waals surface area contributed by atoms with E-state index >= 15 is 0 Å². The number of halogens is 1. The number of nitrogens with zero attached hydrogens (tertiary/aromatic N) is 1. The third kappa shape index (κ3) is 3.96. The van der Waals surface area contributed by atoms with Crippen molar-refractivity contribution in [3.8, 4) is 11.8 Å². The fraction of sp³-hybridized carbons (Fsp3) is 0.167. The lowest BCUT2D eigenvalue weighted by atomic mass is 10.0. The fourth-order valence-electron chi connectivity index (χ4n) is 1.96. The summed E-state index contributed by atoms with van der Waals surface area (Å²) in [7, 11) is 0. The van der Waals surface area contributed by atoms with Gasteiger partial charge >= 0.3 is 0 Å². The van der Waals surface area contributed by atoms with Crippen molar-refractivity contribution in [2.75, 3.05) is 6.61 Å². The lowest BCUT2D eigenvalue weighted by Gasteiger charge is -2.06. The molecule has 0 saturated carbocycles. The molecule has 2 aromatic rings. The molecule has 3 heteroatoms. The molecule has 0 aliphatic carbocycles. The molecule has 0 saturated heterocycles. The van der Waals surface area contributed by atoms with Gasteiger partial charge in [0.05, 0.1) is 22.7 Å². The zero-order valence-electron chi connectivity index (χ0n) is 12.1. The number of rotatable bonds is 4. The largest absolute Gasteiger partial charge is 0.493 e. The highest BCUT2D eigenvalue weighted by atomic mass is 79.9. The predicted molar refractivity (Wildman–Crippen MR) is 90.0 cm³/mol. The van der Waals surface area contributed by atoms with Crippen molar-refractivity contribution < 1.29 is 4.74 Å². The van der Waals surface area contributed by atoms with Crippen LogP contribution >= 0.6 is 15.9 Å². The molecule has 0 unspecified atom stereocenters. The van der Waals surface area contributed by atoms with Gasteiger partial charge in [0.1, 0.15) is 5.75 Å². The van der Waals surface area contributed by atoms with Gasteiger partial charge in [-0.05, 0) is 59.1 Å². The molecule has 0 bridgehead atoms. The van der Waals surface area contributed by atoms with Gasteiger partial charge < -0.3 is 4.74 Å². The summed E-state index contributed by atoms with van der Waals surface area (Å²) in [6, 6.07) is 16.0. The zero-order valence-corrected chi connectivity index (χ0v) is 13.6. The third-order valence-corrected chi connectivity index (χ3v) is 3.67. The molecule has 2 nitrogen and oxygen atoms in total. The van der Waals surface area contributed by atoms with E-state index < -0.39 is 0 Å². The van der Waals surface area contributed by atoms with Crippen molar-refractivity contribution in [1.29, 1.82) is 5.26 Å². The normalized spacial score (nSPS) is 11.0. The molecule has 0 aromatic heterocycles. The van der Waals surface area contributed by atoms with Crippen LogP contribution in [0.5, 0.6) is 5.75 Å². The molecule has 0 N–H and O–H groups in total.